The fourth-order valence-electron chi connectivity index (χ4n) is 4.79. The molecule has 9 nitrogen and oxygen atoms in total. The lowest BCUT2D eigenvalue weighted by Crippen LogP contribution is -2.50. The lowest BCUT2D eigenvalue weighted by molar-refractivity contribution is 0.0712. The number of nitrogens with zero attached hydrogens (tertiary/aromatic N) is 6. The van der Waals surface area contributed by atoms with Gasteiger partial charge in [0.2, 0.25) is 0 Å². The molecule has 1 unspecified atom stereocenters. The fourth-order valence-corrected chi connectivity index (χ4v) is 4.79. The Bertz CT molecular complexity index is 954. The van der Waals surface area contributed by atoms with E-state index < -0.39 is 5.82 Å². The summed E-state index contributed by atoms with van der Waals surface area (Å²) in [6.07, 6.45) is 2.76. The van der Waals surface area contributed by atoms with Crippen LogP contribution in [0.2, 0.25) is 0 Å². The van der Waals surface area contributed by atoms with Gasteiger partial charge in [0.25, 0.3) is 0 Å². The van der Waals surface area contributed by atoms with Crippen molar-refractivity contribution in [3.05, 3.63) is 42.2 Å². The lowest BCUT2D eigenvalue weighted by atomic mass is 10.2. The summed E-state index contributed by atoms with van der Waals surface area (Å²) in [5.41, 5.74) is 0.198. The van der Waals surface area contributed by atoms with E-state index in [1.165, 1.54) is 18.9 Å². The van der Waals surface area contributed by atoms with Crippen molar-refractivity contribution in [3.8, 4) is 0 Å². The third-order valence-electron chi connectivity index (χ3n) is 6.82. The molecule has 0 spiro atoms. The number of halogens is 1. The first-order valence-electron chi connectivity index (χ1n) is 12.1. The largest absolute Gasteiger partial charge is 0.377 e. The molecule has 1 N–H and O–H groups in total. The molecule has 3 saturated heterocycles. The summed E-state index contributed by atoms with van der Waals surface area (Å²) in [6.45, 7) is 8.23. The Hall–Kier alpha value is -2.98. The zero-order chi connectivity index (χ0) is 23.3. The molecule has 4 heterocycles. The molecule has 1 aromatic heterocycles. The minimum atomic E-state index is -0.436. The van der Waals surface area contributed by atoms with Crippen LogP contribution in [0.4, 0.5) is 26.5 Å². The highest BCUT2D eigenvalue weighted by molar-refractivity contribution is 5.89. The molecule has 0 saturated carbocycles. The van der Waals surface area contributed by atoms with Crippen LogP contribution in [0.15, 0.2) is 36.4 Å². The van der Waals surface area contributed by atoms with Crippen LogP contribution in [0.1, 0.15) is 12.8 Å². The van der Waals surface area contributed by atoms with Crippen LogP contribution in [-0.4, -0.2) is 97.6 Å². The number of rotatable bonds is 5. The van der Waals surface area contributed by atoms with Gasteiger partial charge in [-0.25, -0.2) is 9.18 Å². The third kappa shape index (κ3) is 5.39. The molecule has 2 amide bonds. The van der Waals surface area contributed by atoms with E-state index in [0.717, 1.165) is 51.0 Å². The van der Waals surface area contributed by atoms with Crippen molar-refractivity contribution in [2.75, 3.05) is 80.6 Å². The van der Waals surface area contributed by atoms with Crippen LogP contribution in [0, 0.1) is 5.82 Å². The second-order valence-corrected chi connectivity index (χ2v) is 9.06. The first-order chi connectivity index (χ1) is 16.7. The first-order valence-corrected chi connectivity index (χ1v) is 12.1. The minimum Gasteiger partial charge on any atom is -0.377 e. The first kappa shape index (κ1) is 22.8. The van der Waals surface area contributed by atoms with Gasteiger partial charge in [-0.3, -0.25) is 4.90 Å². The van der Waals surface area contributed by atoms with E-state index in [9.17, 15) is 9.18 Å². The number of hydrogen-bond acceptors (Lipinski definition) is 7. The van der Waals surface area contributed by atoms with Crippen molar-refractivity contribution in [1.29, 1.82) is 0 Å². The van der Waals surface area contributed by atoms with Gasteiger partial charge in [0.1, 0.15) is 5.82 Å². The van der Waals surface area contributed by atoms with Crippen LogP contribution in [0.3, 0.4) is 0 Å². The van der Waals surface area contributed by atoms with Crippen LogP contribution < -0.4 is 15.1 Å². The summed E-state index contributed by atoms with van der Waals surface area (Å²) >= 11 is 0. The van der Waals surface area contributed by atoms with E-state index in [1.807, 2.05) is 12.1 Å². The van der Waals surface area contributed by atoms with Gasteiger partial charge in [-0.1, -0.05) is 12.1 Å². The topological polar surface area (TPSA) is 77.1 Å². The Morgan fingerprint density at radius 2 is 1.59 bits per heavy atom. The highest BCUT2D eigenvalue weighted by atomic mass is 19.1. The normalized spacial score (nSPS) is 21.7. The van der Waals surface area contributed by atoms with Crippen molar-refractivity contribution in [2.24, 2.45) is 0 Å². The monoisotopic (exact) mass is 469 g/mol. The van der Waals surface area contributed by atoms with Gasteiger partial charge < -0.3 is 24.8 Å². The van der Waals surface area contributed by atoms with Crippen molar-refractivity contribution in [3.63, 3.8) is 0 Å². The fraction of sp³-hybridized carbons (Fsp3) is 0.542. The highest BCUT2D eigenvalue weighted by Crippen LogP contribution is 2.20. The molecule has 0 bridgehead atoms. The molecule has 0 radical (unpaired) electrons. The number of amides is 2. The van der Waals surface area contributed by atoms with Gasteiger partial charge in [0.15, 0.2) is 11.6 Å². The standard InChI is InChI=1S/C24H32FN7O2/c25-20-5-1-2-6-21(20)26-24(33)32-15-13-31(14-16-32)23-8-7-22(27-28-23)30-11-9-29(10-12-30)18-19-4-3-17-34-19/h1-2,5-8,19H,3-4,9-18H2,(H,26,33). The maximum Gasteiger partial charge on any atom is 0.322 e. The predicted molar refractivity (Wildman–Crippen MR) is 129 cm³/mol. The van der Waals surface area contributed by atoms with Crippen molar-refractivity contribution in [2.45, 2.75) is 18.9 Å². The van der Waals surface area contributed by atoms with E-state index in [1.54, 1.807) is 23.1 Å². The molecule has 10 heteroatoms. The molecule has 1 aromatic carbocycles. The van der Waals surface area contributed by atoms with Gasteiger partial charge in [0.05, 0.1) is 11.8 Å². The van der Waals surface area contributed by atoms with Gasteiger partial charge >= 0.3 is 6.03 Å². The number of aromatic nitrogens is 2. The second-order valence-electron chi connectivity index (χ2n) is 9.06. The average Bonchev–Trinajstić information content (AvgIpc) is 3.39. The Labute approximate surface area is 199 Å². The molecule has 3 fully saturated rings. The Balaban J connectivity index is 1.08. The molecule has 1 atom stereocenters. The maximum absolute atomic E-state index is 13.8. The molecule has 3 aliphatic rings. The highest BCUT2D eigenvalue weighted by Gasteiger charge is 2.25. The van der Waals surface area contributed by atoms with E-state index in [-0.39, 0.29) is 11.7 Å². The average molecular weight is 470 g/mol. The van der Waals surface area contributed by atoms with Crippen LogP contribution >= 0.6 is 0 Å². The van der Waals surface area contributed by atoms with Crippen molar-refractivity contribution >= 4 is 23.4 Å². The van der Waals surface area contributed by atoms with Crippen molar-refractivity contribution in [1.82, 2.24) is 20.0 Å². The number of carbonyl (C=O) groups is 1. The van der Waals surface area contributed by atoms with Gasteiger partial charge in [-0.2, -0.15) is 0 Å². The second kappa shape index (κ2) is 10.5. The summed E-state index contributed by atoms with van der Waals surface area (Å²) in [7, 11) is 0. The summed E-state index contributed by atoms with van der Waals surface area (Å²) in [5, 5.41) is 11.6. The number of para-hydroxylation sites is 1. The van der Waals surface area contributed by atoms with E-state index >= 15 is 0 Å². The van der Waals surface area contributed by atoms with Crippen LogP contribution in [0.25, 0.3) is 0 Å². The number of piperazine rings is 2. The molecule has 5 rings (SSSR count). The lowest BCUT2D eigenvalue weighted by Gasteiger charge is -2.37. The van der Waals surface area contributed by atoms with E-state index in [0.29, 0.717) is 32.3 Å². The van der Waals surface area contributed by atoms with E-state index in [2.05, 4.69) is 30.2 Å². The zero-order valence-corrected chi connectivity index (χ0v) is 19.4. The molecular weight excluding hydrogens is 437 g/mol. The molecule has 0 aliphatic carbocycles. The zero-order valence-electron chi connectivity index (χ0n) is 19.4. The summed E-state index contributed by atoms with van der Waals surface area (Å²) in [4.78, 5) is 21.1. The number of benzene rings is 1. The summed E-state index contributed by atoms with van der Waals surface area (Å²) in [5.74, 6) is 1.28. The van der Waals surface area contributed by atoms with Crippen molar-refractivity contribution < 1.29 is 13.9 Å². The Morgan fingerprint density at radius 1 is 0.941 bits per heavy atom. The number of hydrogen-bond donors (Lipinski definition) is 1. The smallest absolute Gasteiger partial charge is 0.322 e. The van der Waals surface area contributed by atoms with Gasteiger partial charge in [0, 0.05) is 65.5 Å². The molecule has 2 aromatic rings. The summed E-state index contributed by atoms with van der Waals surface area (Å²) < 4.78 is 19.6. The molecule has 182 valence electrons. The minimum absolute atomic E-state index is 0.198. The number of anilines is 3. The van der Waals surface area contributed by atoms with E-state index in [4.69, 9.17) is 4.74 Å². The van der Waals surface area contributed by atoms with Crippen LogP contribution in [-0.2, 0) is 4.74 Å². The number of ether oxygens (including phenoxy) is 1. The van der Waals surface area contributed by atoms with Gasteiger partial charge in [-0.05, 0) is 37.1 Å². The molecular formula is C24H32FN7O2. The maximum atomic E-state index is 13.8. The van der Waals surface area contributed by atoms with Gasteiger partial charge in [-0.15, -0.1) is 10.2 Å². The Kier molecular flexibility index (Phi) is 7.05. The number of carbonyl (C=O) groups excluding carboxylic acids is 1. The molecule has 3 aliphatic heterocycles. The number of urea groups is 1. The molecule has 34 heavy (non-hydrogen) atoms. The SMILES string of the molecule is O=C(Nc1ccccc1F)N1CCN(c2ccc(N3CCN(CC4CCCO4)CC3)nn2)CC1. The summed E-state index contributed by atoms with van der Waals surface area (Å²) in [6, 6.07) is 9.95. The van der Waals surface area contributed by atoms with Crippen LogP contribution in [0.5, 0.6) is 0 Å². The Morgan fingerprint density at radius 3 is 2.18 bits per heavy atom. The quantitative estimate of drug-likeness (QED) is 0.720. The third-order valence-corrected chi connectivity index (χ3v) is 6.82. The predicted octanol–water partition coefficient (Wildman–Crippen LogP) is 2.27. The number of nitrogens with one attached hydrogen (secondary N) is 1.